The molecule has 2 aliphatic rings. The van der Waals surface area contributed by atoms with E-state index in [0.29, 0.717) is 6.04 Å². The molecule has 18 heavy (non-hydrogen) atoms. The molecule has 0 aliphatic heterocycles. The molecule has 1 aromatic heterocycles. The quantitative estimate of drug-likeness (QED) is 0.888. The standard InChI is InChI=1S/C14H22N2OS/c1-3-17-12(9-7-8-9)14-16-11-6-4-5-10(15-2)13(11)18-14/h9-10,12,15H,3-8H2,1-2H3. The van der Waals surface area contributed by atoms with Gasteiger partial charge < -0.3 is 10.1 Å². The minimum atomic E-state index is 0.267. The number of hydrogen-bond acceptors (Lipinski definition) is 4. The van der Waals surface area contributed by atoms with E-state index < -0.39 is 0 Å². The van der Waals surface area contributed by atoms with E-state index in [1.54, 1.807) is 0 Å². The van der Waals surface area contributed by atoms with E-state index in [-0.39, 0.29) is 6.10 Å². The molecule has 4 heteroatoms. The Labute approximate surface area is 113 Å². The average Bonchev–Trinajstić information content (AvgIpc) is 3.13. The molecular weight excluding hydrogens is 244 g/mol. The highest BCUT2D eigenvalue weighted by molar-refractivity contribution is 7.11. The first-order chi connectivity index (χ1) is 8.83. The van der Waals surface area contributed by atoms with Crippen LogP contribution in [0.15, 0.2) is 0 Å². The zero-order valence-electron chi connectivity index (χ0n) is 11.2. The van der Waals surface area contributed by atoms with Crippen LogP contribution in [0.5, 0.6) is 0 Å². The summed E-state index contributed by atoms with van der Waals surface area (Å²) in [7, 11) is 2.06. The Hall–Kier alpha value is -0.450. The summed E-state index contributed by atoms with van der Waals surface area (Å²) in [5.74, 6) is 0.727. The van der Waals surface area contributed by atoms with Gasteiger partial charge in [-0.3, -0.25) is 0 Å². The first kappa shape index (κ1) is 12.6. The third-order valence-electron chi connectivity index (χ3n) is 3.96. The van der Waals surface area contributed by atoms with E-state index in [4.69, 9.17) is 9.72 Å². The fourth-order valence-electron chi connectivity index (χ4n) is 2.82. The van der Waals surface area contributed by atoms with Gasteiger partial charge in [-0.25, -0.2) is 4.98 Å². The van der Waals surface area contributed by atoms with Gasteiger partial charge in [-0.05, 0) is 52.0 Å². The summed E-state index contributed by atoms with van der Waals surface area (Å²) in [6, 6.07) is 0.515. The Morgan fingerprint density at radius 2 is 2.28 bits per heavy atom. The second kappa shape index (κ2) is 5.27. The summed E-state index contributed by atoms with van der Waals surface area (Å²) >= 11 is 1.89. The normalized spacial score (nSPS) is 24.9. The first-order valence-corrected chi connectivity index (χ1v) is 7.93. The number of fused-ring (bicyclic) bond motifs is 1. The Morgan fingerprint density at radius 3 is 2.94 bits per heavy atom. The summed E-state index contributed by atoms with van der Waals surface area (Å²) in [5, 5.41) is 4.65. The molecule has 2 atom stereocenters. The van der Waals surface area contributed by atoms with Crippen molar-refractivity contribution in [2.45, 2.75) is 51.2 Å². The number of aromatic nitrogens is 1. The van der Waals surface area contributed by atoms with Crippen LogP contribution in [0.1, 0.15) is 60.3 Å². The minimum absolute atomic E-state index is 0.267. The van der Waals surface area contributed by atoms with Crippen molar-refractivity contribution in [3.05, 3.63) is 15.6 Å². The number of thiazole rings is 1. The zero-order chi connectivity index (χ0) is 12.5. The SMILES string of the molecule is CCOC(c1nc2c(s1)C(NC)CCC2)C1CC1. The van der Waals surface area contributed by atoms with Crippen molar-refractivity contribution in [1.82, 2.24) is 10.3 Å². The number of rotatable bonds is 5. The molecule has 1 saturated carbocycles. The molecule has 3 rings (SSSR count). The highest BCUT2D eigenvalue weighted by Gasteiger charge is 2.36. The van der Waals surface area contributed by atoms with Crippen LogP contribution in [-0.2, 0) is 11.2 Å². The van der Waals surface area contributed by atoms with Crippen molar-refractivity contribution in [1.29, 1.82) is 0 Å². The van der Waals surface area contributed by atoms with Crippen molar-refractivity contribution >= 4 is 11.3 Å². The number of ether oxygens (including phenoxy) is 1. The molecule has 0 saturated heterocycles. The maximum atomic E-state index is 5.93. The maximum absolute atomic E-state index is 5.93. The lowest BCUT2D eigenvalue weighted by Gasteiger charge is -2.20. The van der Waals surface area contributed by atoms with E-state index in [0.717, 1.165) is 18.9 Å². The van der Waals surface area contributed by atoms with Gasteiger partial charge in [-0.1, -0.05) is 0 Å². The van der Waals surface area contributed by atoms with Crippen molar-refractivity contribution < 1.29 is 4.74 Å². The van der Waals surface area contributed by atoms with E-state index >= 15 is 0 Å². The second-order valence-corrected chi connectivity index (χ2v) is 6.37. The van der Waals surface area contributed by atoms with E-state index in [1.165, 1.54) is 41.3 Å². The van der Waals surface area contributed by atoms with Gasteiger partial charge in [0.2, 0.25) is 0 Å². The molecule has 1 fully saturated rings. The van der Waals surface area contributed by atoms with Crippen LogP contribution in [0.2, 0.25) is 0 Å². The number of nitrogens with zero attached hydrogens (tertiary/aromatic N) is 1. The lowest BCUT2D eigenvalue weighted by atomic mass is 9.98. The largest absolute Gasteiger partial charge is 0.371 e. The third-order valence-corrected chi connectivity index (χ3v) is 5.23. The molecule has 1 heterocycles. The smallest absolute Gasteiger partial charge is 0.122 e. The maximum Gasteiger partial charge on any atom is 0.122 e. The van der Waals surface area contributed by atoms with Gasteiger partial charge in [0, 0.05) is 17.5 Å². The Bertz CT molecular complexity index is 414. The molecule has 0 bridgehead atoms. The lowest BCUT2D eigenvalue weighted by molar-refractivity contribution is 0.0461. The highest BCUT2D eigenvalue weighted by Crippen LogP contribution is 2.46. The number of nitrogens with one attached hydrogen (secondary N) is 1. The number of hydrogen-bond donors (Lipinski definition) is 1. The average molecular weight is 266 g/mol. The lowest BCUT2D eigenvalue weighted by Crippen LogP contribution is -2.19. The molecule has 100 valence electrons. The summed E-state index contributed by atoms with van der Waals surface area (Å²) in [4.78, 5) is 6.34. The van der Waals surface area contributed by atoms with E-state index in [1.807, 2.05) is 11.3 Å². The molecule has 1 aromatic rings. The topological polar surface area (TPSA) is 34.1 Å². The highest BCUT2D eigenvalue weighted by atomic mass is 32.1. The van der Waals surface area contributed by atoms with Gasteiger partial charge in [-0.15, -0.1) is 11.3 Å². The second-order valence-electron chi connectivity index (χ2n) is 5.31. The predicted octanol–water partition coefficient (Wildman–Crippen LogP) is 3.23. The molecule has 0 radical (unpaired) electrons. The van der Waals surface area contributed by atoms with E-state index in [9.17, 15) is 0 Å². The summed E-state index contributed by atoms with van der Waals surface area (Å²) < 4.78 is 5.93. The zero-order valence-corrected chi connectivity index (χ0v) is 12.1. The Morgan fingerprint density at radius 1 is 1.44 bits per heavy atom. The third kappa shape index (κ3) is 2.33. The van der Waals surface area contributed by atoms with Crippen LogP contribution in [-0.4, -0.2) is 18.6 Å². The molecule has 0 aromatic carbocycles. The van der Waals surface area contributed by atoms with Gasteiger partial charge in [0.05, 0.1) is 5.69 Å². The van der Waals surface area contributed by atoms with Gasteiger partial charge in [0.15, 0.2) is 0 Å². The van der Waals surface area contributed by atoms with Crippen LogP contribution >= 0.6 is 11.3 Å². The molecule has 2 aliphatic carbocycles. The van der Waals surface area contributed by atoms with Crippen LogP contribution in [0, 0.1) is 5.92 Å². The van der Waals surface area contributed by atoms with Gasteiger partial charge >= 0.3 is 0 Å². The van der Waals surface area contributed by atoms with Gasteiger partial charge in [0.1, 0.15) is 11.1 Å². The minimum Gasteiger partial charge on any atom is -0.371 e. The van der Waals surface area contributed by atoms with Crippen molar-refractivity contribution in [3.8, 4) is 0 Å². The molecule has 0 amide bonds. The Kier molecular flexibility index (Phi) is 3.68. The van der Waals surface area contributed by atoms with Crippen LogP contribution < -0.4 is 5.32 Å². The first-order valence-electron chi connectivity index (χ1n) is 7.11. The van der Waals surface area contributed by atoms with E-state index in [2.05, 4.69) is 19.3 Å². The van der Waals surface area contributed by atoms with Crippen molar-refractivity contribution in [2.24, 2.45) is 5.92 Å². The van der Waals surface area contributed by atoms with Crippen LogP contribution in [0.4, 0.5) is 0 Å². The summed E-state index contributed by atoms with van der Waals surface area (Å²) in [6.45, 7) is 2.88. The fourth-order valence-corrected chi connectivity index (χ4v) is 4.22. The van der Waals surface area contributed by atoms with Crippen molar-refractivity contribution in [3.63, 3.8) is 0 Å². The van der Waals surface area contributed by atoms with Crippen LogP contribution in [0.25, 0.3) is 0 Å². The number of aryl methyl sites for hydroxylation is 1. The molecule has 3 nitrogen and oxygen atoms in total. The van der Waals surface area contributed by atoms with Gasteiger partial charge in [0.25, 0.3) is 0 Å². The molecule has 1 N–H and O–H groups in total. The fraction of sp³-hybridized carbons (Fsp3) is 0.786. The molecule has 0 spiro atoms. The van der Waals surface area contributed by atoms with Crippen LogP contribution in [0.3, 0.4) is 0 Å². The molecule has 2 unspecified atom stereocenters. The van der Waals surface area contributed by atoms with Crippen molar-refractivity contribution in [2.75, 3.05) is 13.7 Å². The summed E-state index contributed by atoms with van der Waals surface area (Å²) in [5.41, 5.74) is 1.32. The molecular formula is C14H22N2OS. The monoisotopic (exact) mass is 266 g/mol. The Balaban J connectivity index is 1.86. The summed E-state index contributed by atoms with van der Waals surface area (Å²) in [6.07, 6.45) is 6.53. The predicted molar refractivity (Wildman–Crippen MR) is 73.9 cm³/mol. The van der Waals surface area contributed by atoms with Gasteiger partial charge in [-0.2, -0.15) is 0 Å².